The Labute approximate surface area is 61.5 Å². The molecule has 0 aromatic rings. The third-order valence-electron chi connectivity index (χ3n) is 0. The largest absolute Gasteiger partial charge is 0 e. The molecule has 0 amide bonds. The Bertz CT molecular complexity index is 8.00. The molecule has 4 heteroatoms. The summed E-state index contributed by atoms with van der Waals surface area (Å²) in [6.45, 7) is 0. The molecule has 0 aliphatic rings. The van der Waals surface area contributed by atoms with Crippen LogP contribution in [0.4, 0.5) is 0 Å². The second kappa shape index (κ2) is 19.9. The van der Waals surface area contributed by atoms with Gasteiger partial charge >= 0.3 is 0 Å². The molecule has 0 nitrogen and oxygen atoms in total. The molecule has 0 aromatic heterocycles. The average Bonchev–Trinajstić information content (AvgIpc) is 0. The van der Waals surface area contributed by atoms with Gasteiger partial charge in [0.25, 0.3) is 0 Å². The zero-order chi connectivity index (χ0) is 0. The fourth-order valence-corrected chi connectivity index (χ4v) is 0. The van der Waals surface area contributed by atoms with Crippen LogP contribution >= 0.6 is 9.90 Å². The minimum atomic E-state index is 0. The third-order valence-corrected chi connectivity index (χ3v) is 0. The normalized spacial score (nSPS) is 0. The molecule has 0 aromatic carbocycles. The minimum absolute atomic E-state index is 0. The van der Waals surface area contributed by atoms with Gasteiger partial charge in [-0.15, -0.1) is 0 Å². The third kappa shape index (κ3) is 8.99. The van der Waals surface area contributed by atoms with Crippen LogP contribution in [0.5, 0.6) is 0 Å². The Hall–Kier alpha value is 2.01. The van der Waals surface area contributed by atoms with Crippen LogP contribution in [0.2, 0.25) is 0 Å². The van der Waals surface area contributed by atoms with E-state index in [-0.39, 0.29) is 61.7 Å². The molecule has 22 valence electrons. The van der Waals surface area contributed by atoms with Gasteiger partial charge in [-0.2, -0.15) is 0 Å². The molecule has 0 N–H and O–H groups in total. The first-order chi connectivity index (χ1) is 0. The number of hydrogen-bond acceptors (Lipinski definition) is 0. The van der Waals surface area contributed by atoms with Gasteiger partial charge in [0.05, 0.1) is 0 Å². The molecule has 6 radical (unpaired) electrons. The number of rotatable bonds is 0. The van der Waals surface area contributed by atoms with Gasteiger partial charge in [-0.05, 0) is 0 Å². The summed E-state index contributed by atoms with van der Waals surface area (Å²) in [4.78, 5) is 0. The second-order valence-corrected chi connectivity index (χ2v) is 0. The first-order valence-electron chi connectivity index (χ1n) is 0. The monoisotopic (exact) mass is 166 g/mol. The molecule has 0 aliphatic heterocycles. The van der Waals surface area contributed by atoms with Crippen molar-refractivity contribution in [2.24, 2.45) is 0 Å². The van der Waals surface area contributed by atoms with Gasteiger partial charge in [-0.25, -0.2) is 0 Å². The van der Waals surface area contributed by atoms with Crippen LogP contribution in [0.1, 0.15) is 0 Å². The Kier molecular flexibility index (Phi) is 186. The summed E-state index contributed by atoms with van der Waals surface area (Å²) in [5, 5.41) is 0. The van der Waals surface area contributed by atoms with Crippen LogP contribution in [-0.2, 0) is 34.4 Å². The van der Waals surface area contributed by atoms with E-state index in [4.69, 9.17) is 0 Å². The topological polar surface area (TPSA) is 0 Å². The van der Waals surface area contributed by atoms with Crippen LogP contribution < -0.4 is 0 Å². The smallest absolute Gasteiger partial charge is 0 e. The van der Waals surface area contributed by atoms with E-state index >= 15 is 0 Å². The predicted octanol–water partition coefficient (Wildman–Crippen LogP) is 0.475. The van der Waals surface area contributed by atoms with Crippen molar-refractivity contribution in [3.8, 4) is 0 Å². The summed E-state index contributed by atoms with van der Waals surface area (Å²) in [6.07, 6.45) is 0. The first-order valence-corrected chi connectivity index (χ1v) is 0. The van der Waals surface area contributed by atoms with Gasteiger partial charge in [0.15, 0.2) is 0 Å². The average molecular weight is 166 g/mol. The summed E-state index contributed by atoms with van der Waals surface area (Å²) in [7, 11) is 0. The fraction of sp³-hybridized carbons (Fsp3) is 0. The van der Waals surface area contributed by atoms with Crippen molar-refractivity contribution in [2.45, 2.75) is 0 Å². The van der Waals surface area contributed by atoms with Crippen molar-refractivity contribution in [1.82, 2.24) is 0 Å². The van der Waals surface area contributed by atoms with E-state index in [0.717, 1.165) is 0 Å². The van der Waals surface area contributed by atoms with E-state index in [0.29, 0.717) is 0 Å². The van der Waals surface area contributed by atoms with E-state index < -0.39 is 0 Å². The van der Waals surface area contributed by atoms with Gasteiger partial charge in [-0.3, -0.25) is 0 Å². The van der Waals surface area contributed by atoms with Crippen molar-refractivity contribution in [1.29, 1.82) is 0 Å². The molecule has 0 fully saturated rings. The molecule has 0 atom stereocenters. The Balaban J connectivity index is 0. The summed E-state index contributed by atoms with van der Waals surface area (Å²) < 4.78 is 0. The van der Waals surface area contributed by atoms with Gasteiger partial charge in [0.2, 0.25) is 0 Å². The van der Waals surface area contributed by atoms with Crippen molar-refractivity contribution >= 4 is 27.3 Å². The van der Waals surface area contributed by atoms with Crippen molar-refractivity contribution in [3.63, 3.8) is 0 Å². The van der Waals surface area contributed by atoms with E-state index in [1.807, 2.05) is 0 Å². The maximum absolute atomic E-state index is 0. The van der Waals surface area contributed by atoms with E-state index in [9.17, 15) is 0 Å². The molecule has 0 rings (SSSR count). The summed E-state index contributed by atoms with van der Waals surface area (Å²) in [6, 6.07) is 0. The van der Waals surface area contributed by atoms with Crippen molar-refractivity contribution < 1.29 is 34.4 Å². The standard InChI is InChI=1S/Al.Cr.Fe.P. The van der Waals surface area contributed by atoms with E-state index in [2.05, 4.69) is 0 Å². The van der Waals surface area contributed by atoms with Gasteiger partial charge < -0.3 is 0 Å². The minimum Gasteiger partial charge on any atom is 0 e. The predicted molar refractivity (Wildman–Crippen MR) is 12.7 cm³/mol. The zero-order valence-electron chi connectivity index (χ0n) is 1.79. The summed E-state index contributed by atoms with van der Waals surface area (Å²) in [5.41, 5.74) is 0. The molecular formula is AlCrFeP. The van der Waals surface area contributed by atoms with Crippen LogP contribution in [0.25, 0.3) is 0 Å². The van der Waals surface area contributed by atoms with Crippen molar-refractivity contribution in [2.75, 3.05) is 0 Å². The molecule has 0 saturated carbocycles. The van der Waals surface area contributed by atoms with Gasteiger partial charge in [0.1, 0.15) is 0 Å². The van der Waals surface area contributed by atoms with E-state index in [1.165, 1.54) is 0 Å². The summed E-state index contributed by atoms with van der Waals surface area (Å²) in [5.74, 6) is 0. The first kappa shape index (κ1) is 37.3. The number of hydrogen-bond donors (Lipinski definition) is 0. The zero-order valence-corrected chi connectivity index (χ0v) is 6.21. The van der Waals surface area contributed by atoms with Crippen molar-refractivity contribution in [3.05, 3.63) is 0 Å². The molecular weight excluding hydrogens is 166 g/mol. The van der Waals surface area contributed by atoms with E-state index in [1.54, 1.807) is 0 Å². The SMILES string of the molecule is [Al].[Cr].[Fe].[P]. The maximum atomic E-state index is 0. The van der Waals surface area contributed by atoms with Gasteiger partial charge in [-0.1, -0.05) is 0 Å². The van der Waals surface area contributed by atoms with Gasteiger partial charge in [0, 0.05) is 61.7 Å². The van der Waals surface area contributed by atoms with Crippen LogP contribution in [0, 0.1) is 0 Å². The Morgan fingerprint density at radius 3 is 1.00 bits per heavy atom. The second-order valence-electron chi connectivity index (χ2n) is 0. The molecule has 0 aliphatic carbocycles. The molecule has 0 unspecified atom stereocenters. The molecule has 0 bridgehead atoms. The Morgan fingerprint density at radius 1 is 1.00 bits per heavy atom. The summed E-state index contributed by atoms with van der Waals surface area (Å²) >= 11 is 0. The van der Waals surface area contributed by atoms with Crippen LogP contribution in [-0.4, -0.2) is 17.4 Å². The fourth-order valence-electron chi connectivity index (χ4n) is 0. The molecule has 0 spiro atoms. The molecule has 4 heavy (non-hydrogen) atoms. The van der Waals surface area contributed by atoms with Crippen LogP contribution in [0.15, 0.2) is 0 Å². The van der Waals surface area contributed by atoms with Crippen LogP contribution in [0.3, 0.4) is 0 Å². The quantitative estimate of drug-likeness (QED) is 0.362. The molecule has 0 heterocycles. The maximum Gasteiger partial charge on any atom is 0 e. The molecule has 0 saturated heterocycles. The Morgan fingerprint density at radius 2 is 1.00 bits per heavy atom.